The highest BCUT2D eigenvalue weighted by molar-refractivity contribution is 5.97. The third kappa shape index (κ3) is 4.88. The van der Waals surface area contributed by atoms with Crippen LogP contribution in [0.5, 0.6) is 5.88 Å². The monoisotopic (exact) mass is 648 g/mol. The number of rotatable bonds is 8. The molecule has 3 N–H and O–H groups in total. The van der Waals surface area contributed by atoms with Crippen LogP contribution in [0.2, 0.25) is 0 Å². The molecule has 0 radical (unpaired) electrons. The maximum atomic E-state index is 13.8. The van der Waals surface area contributed by atoms with Crippen molar-refractivity contribution in [2.45, 2.75) is 76.7 Å². The van der Waals surface area contributed by atoms with Crippen molar-refractivity contribution in [3.8, 4) is 17.3 Å². The summed E-state index contributed by atoms with van der Waals surface area (Å²) in [5.41, 5.74) is 11.4. The van der Waals surface area contributed by atoms with Crippen molar-refractivity contribution in [3.63, 3.8) is 0 Å². The van der Waals surface area contributed by atoms with E-state index in [2.05, 4.69) is 16.0 Å². The third-order valence-corrected chi connectivity index (χ3v) is 10.5. The highest BCUT2D eigenvalue weighted by Crippen LogP contribution is 2.40. The lowest BCUT2D eigenvalue weighted by Gasteiger charge is -2.23. The molecule has 5 aromatic rings. The van der Waals surface area contributed by atoms with E-state index >= 15 is 0 Å². The fourth-order valence-corrected chi connectivity index (χ4v) is 7.73. The molecule has 0 aromatic carbocycles. The molecule has 5 aromatic heterocycles. The van der Waals surface area contributed by atoms with E-state index in [4.69, 9.17) is 20.4 Å². The summed E-state index contributed by atoms with van der Waals surface area (Å²) in [6.07, 6.45) is 6.73. The van der Waals surface area contributed by atoms with E-state index in [1.807, 2.05) is 47.4 Å². The number of nitrogens with two attached hydrogens (primary N) is 1. The molecule has 0 spiro atoms. The van der Waals surface area contributed by atoms with Crippen LogP contribution in [-0.4, -0.2) is 65.5 Å². The molecule has 7 heterocycles. The van der Waals surface area contributed by atoms with Crippen molar-refractivity contribution in [2.75, 3.05) is 7.11 Å². The van der Waals surface area contributed by atoms with Crippen molar-refractivity contribution < 1.29 is 14.3 Å². The number of amides is 2. The number of ether oxygens (including phenoxy) is 1. The second-order valence-electron chi connectivity index (χ2n) is 13.7. The van der Waals surface area contributed by atoms with Crippen molar-refractivity contribution in [2.24, 2.45) is 18.7 Å². The summed E-state index contributed by atoms with van der Waals surface area (Å²) < 4.78 is 11.4. The molecule has 1 aliphatic carbocycles. The smallest absolute Gasteiger partial charge is 0.263 e. The Bertz CT molecular complexity index is 2180. The fraction of sp³-hybridized carbons (Fsp3) is 0.417. The number of methoxy groups -OCH3 is 1. The summed E-state index contributed by atoms with van der Waals surface area (Å²) in [5, 5.41) is 3.91. The Morgan fingerprint density at radius 3 is 2.62 bits per heavy atom. The van der Waals surface area contributed by atoms with E-state index in [0.29, 0.717) is 28.7 Å². The van der Waals surface area contributed by atoms with Crippen LogP contribution in [-0.2, 0) is 13.6 Å². The number of carbonyl (C=O) groups is 2. The maximum absolute atomic E-state index is 13.8. The molecule has 8 rings (SSSR count). The summed E-state index contributed by atoms with van der Waals surface area (Å²) in [4.78, 5) is 51.5. The minimum atomic E-state index is -0.438. The zero-order valence-corrected chi connectivity index (χ0v) is 27.6. The van der Waals surface area contributed by atoms with Crippen LogP contribution in [0.1, 0.15) is 77.2 Å². The highest BCUT2D eigenvalue weighted by Gasteiger charge is 2.47. The molecule has 3 aliphatic rings. The van der Waals surface area contributed by atoms with Crippen molar-refractivity contribution >= 4 is 28.5 Å². The van der Waals surface area contributed by atoms with Gasteiger partial charge < -0.3 is 29.8 Å². The molecule has 2 amide bonds. The summed E-state index contributed by atoms with van der Waals surface area (Å²) >= 11 is 0. The standard InChI is InChI=1S/C36H40N8O4/c1-19(38-34(45)25-6-5-13-41(3)36(25)47)27-11-9-22-14-29(42(33(22)39-27)18-21-7-8-21)32-20(2)43-30(40-32)15-23(16-31(43)48-4)35(46)44-24-10-12-28(44)26(37)17-24/h5-6,9,11,13-16,19,21,24,26,28H,7-8,10,12,17-18,37H2,1-4H3,(H,38,45)/t19-,24+,26-,28-/m1/s1. The number of aryl methyl sites for hydroxylation is 2. The Labute approximate surface area is 277 Å². The minimum absolute atomic E-state index is 0.0214. The summed E-state index contributed by atoms with van der Waals surface area (Å²) in [5.74, 6) is 0.638. The molecule has 2 bridgehead atoms. The molecular formula is C36H40N8O4. The Hall–Kier alpha value is -4.97. The molecule has 248 valence electrons. The van der Waals surface area contributed by atoms with Gasteiger partial charge in [0, 0.05) is 54.9 Å². The molecule has 12 heteroatoms. The van der Waals surface area contributed by atoms with Crippen LogP contribution in [0.3, 0.4) is 0 Å². The second kappa shape index (κ2) is 11.3. The van der Waals surface area contributed by atoms with Gasteiger partial charge in [-0.1, -0.05) is 0 Å². The lowest BCUT2D eigenvalue weighted by molar-refractivity contribution is 0.0725. The van der Waals surface area contributed by atoms with E-state index in [0.717, 1.165) is 66.8 Å². The highest BCUT2D eigenvalue weighted by atomic mass is 16.5. The first-order valence-corrected chi connectivity index (χ1v) is 16.7. The average molecular weight is 649 g/mol. The number of fused-ring (bicyclic) bond motifs is 4. The molecule has 2 saturated heterocycles. The van der Waals surface area contributed by atoms with E-state index in [-0.39, 0.29) is 35.2 Å². The normalized spacial score (nSPS) is 20.9. The van der Waals surface area contributed by atoms with E-state index in [1.165, 1.54) is 10.6 Å². The van der Waals surface area contributed by atoms with Crippen LogP contribution in [0.4, 0.5) is 0 Å². The number of nitrogens with one attached hydrogen (secondary N) is 1. The van der Waals surface area contributed by atoms with Crippen molar-refractivity contribution in [1.29, 1.82) is 0 Å². The fourth-order valence-electron chi connectivity index (χ4n) is 7.73. The summed E-state index contributed by atoms with van der Waals surface area (Å²) in [7, 11) is 3.24. The molecule has 48 heavy (non-hydrogen) atoms. The van der Waals surface area contributed by atoms with Gasteiger partial charge in [0.25, 0.3) is 17.4 Å². The quantitative estimate of drug-likeness (QED) is 0.259. The zero-order chi connectivity index (χ0) is 33.4. The molecule has 0 unspecified atom stereocenters. The molecule has 2 aliphatic heterocycles. The second-order valence-corrected chi connectivity index (χ2v) is 13.7. The molecule has 4 atom stereocenters. The van der Waals surface area contributed by atoms with Gasteiger partial charge in [-0.3, -0.25) is 18.8 Å². The van der Waals surface area contributed by atoms with Gasteiger partial charge in [-0.25, -0.2) is 9.97 Å². The Morgan fingerprint density at radius 2 is 1.92 bits per heavy atom. The lowest BCUT2D eigenvalue weighted by Crippen LogP contribution is -2.40. The topological polar surface area (TPSA) is 142 Å². The largest absolute Gasteiger partial charge is 0.482 e. The predicted molar refractivity (Wildman–Crippen MR) is 181 cm³/mol. The van der Waals surface area contributed by atoms with Crippen molar-refractivity contribution in [1.82, 2.24) is 33.7 Å². The van der Waals surface area contributed by atoms with Gasteiger partial charge in [-0.05, 0) is 88.3 Å². The van der Waals surface area contributed by atoms with Gasteiger partial charge in [-0.15, -0.1) is 0 Å². The molecular weight excluding hydrogens is 608 g/mol. The Kier molecular flexibility index (Phi) is 7.17. The SMILES string of the molecule is COc1cc(C(=O)N2[C@H]3CC[C@@H]2[C@H](N)C3)cc2nc(-c3cc4ccc([C@@H](C)NC(=O)c5cccn(C)c5=O)nc4n3CC3CC3)c(C)n12. The average Bonchev–Trinajstić information content (AvgIpc) is 3.39. The van der Waals surface area contributed by atoms with Gasteiger partial charge in [0.2, 0.25) is 0 Å². The number of nitrogens with zero attached hydrogens (tertiary/aromatic N) is 6. The van der Waals surface area contributed by atoms with Gasteiger partial charge in [0.05, 0.1) is 30.2 Å². The zero-order valence-electron chi connectivity index (χ0n) is 27.6. The van der Waals surface area contributed by atoms with Crippen molar-refractivity contribution in [3.05, 3.63) is 81.5 Å². The molecule has 3 fully saturated rings. The predicted octanol–water partition coefficient (Wildman–Crippen LogP) is 3.97. The first kappa shape index (κ1) is 30.4. The minimum Gasteiger partial charge on any atom is -0.482 e. The number of hydrogen-bond donors (Lipinski definition) is 2. The number of aromatic nitrogens is 5. The van der Waals surface area contributed by atoms with Gasteiger partial charge in [0.15, 0.2) is 5.88 Å². The Morgan fingerprint density at radius 1 is 1.10 bits per heavy atom. The van der Waals surface area contributed by atoms with Gasteiger partial charge in [-0.2, -0.15) is 0 Å². The first-order valence-electron chi connectivity index (χ1n) is 16.7. The van der Waals surface area contributed by atoms with Crippen LogP contribution in [0.25, 0.3) is 28.1 Å². The van der Waals surface area contributed by atoms with E-state index in [1.54, 1.807) is 26.4 Å². The van der Waals surface area contributed by atoms with E-state index < -0.39 is 11.9 Å². The van der Waals surface area contributed by atoms with E-state index in [9.17, 15) is 14.4 Å². The third-order valence-electron chi connectivity index (χ3n) is 10.5. The molecule has 1 saturated carbocycles. The number of pyridine rings is 3. The lowest BCUT2D eigenvalue weighted by atomic mass is 9.97. The van der Waals surface area contributed by atoms with Crippen LogP contribution >= 0.6 is 0 Å². The summed E-state index contributed by atoms with van der Waals surface area (Å²) in [6.45, 7) is 4.68. The maximum Gasteiger partial charge on any atom is 0.263 e. The van der Waals surface area contributed by atoms with Crippen LogP contribution in [0, 0.1) is 12.8 Å². The first-order chi connectivity index (χ1) is 23.1. The number of carbonyl (C=O) groups excluding carboxylic acids is 2. The number of imidazole rings is 1. The van der Waals surface area contributed by atoms with Gasteiger partial charge in [0.1, 0.15) is 22.6 Å². The van der Waals surface area contributed by atoms with Gasteiger partial charge >= 0.3 is 0 Å². The Balaban J connectivity index is 1.17. The number of hydrogen-bond acceptors (Lipinski definition) is 7. The summed E-state index contributed by atoms with van der Waals surface area (Å²) in [6, 6.07) is 12.8. The van der Waals surface area contributed by atoms with Crippen LogP contribution < -0.4 is 21.3 Å². The molecule has 12 nitrogen and oxygen atoms in total. The van der Waals surface area contributed by atoms with Crippen LogP contribution in [0.15, 0.2) is 53.5 Å².